The normalized spacial score (nSPS) is 36.3. The van der Waals surface area contributed by atoms with Crippen LogP contribution in [0.25, 0.3) is 0 Å². The molecule has 0 saturated carbocycles. The monoisotopic (exact) mass is 192 g/mol. The minimum atomic E-state index is 0.514. The first kappa shape index (κ1) is 7.55. The summed E-state index contributed by atoms with van der Waals surface area (Å²) in [6.07, 6.45) is 2.29. The van der Waals surface area contributed by atoms with E-state index in [0.29, 0.717) is 12.2 Å². The summed E-state index contributed by atoms with van der Waals surface area (Å²) in [5.74, 6) is 0.743. The van der Waals surface area contributed by atoms with E-state index in [1.807, 2.05) is 0 Å². The molecule has 2 heteroatoms. The van der Waals surface area contributed by atoms with Crippen LogP contribution in [0.2, 0.25) is 0 Å². The van der Waals surface area contributed by atoms with Crippen LogP contribution in [0.5, 0.6) is 0 Å². The SMILES string of the molecule is CCC(C)C1OC1CBr. The van der Waals surface area contributed by atoms with Gasteiger partial charge in [0, 0.05) is 5.33 Å². The summed E-state index contributed by atoms with van der Waals surface area (Å²) < 4.78 is 5.37. The van der Waals surface area contributed by atoms with Gasteiger partial charge in [0.05, 0.1) is 12.2 Å². The predicted molar refractivity (Wildman–Crippen MR) is 41.9 cm³/mol. The molecule has 1 heterocycles. The lowest BCUT2D eigenvalue weighted by Crippen LogP contribution is -2.05. The molecule has 3 atom stereocenters. The Kier molecular flexibility index (Phi) is 2.53. The molecule has 0 aromatic heterocycles. The van der Waals surface area contributed by atoms with Gasteiger partial charge in [0.25, 0.3) is 0 Å². The minimum Gasteiger partial charge on any atom is -0.368 e. The Bertz CT molecular complexity index is 94.9. The number of ether oxygens (including phenoxy) is 1. The van der Waals surface area contributed by atoms with Crippen LogP contribution in [-0.4, -0.2) is 17.5 Å². The number of hydrogen-bond acceptors (Lipinski definition) is 1. The molecule has 1 fully saturated rings. The number of rotatable bonds is 3. The van der Waals surface area contributed by atoms with E-state index >= 15 is 0 Å². The second-order valence-electron chi connectivity index (χ2n) is 2.68. The number of halogens is 1. The average Bonchev–Trinajstić information content (AvgIpc) is 2.64. The van der Waals surface area contributed by atoms with E-state index in [1.54, 1.807) is 0 Å². The number of hydrogen-bond donors (Lipinski definition) is 0. The van der Waals surface area contributed by atoms with Gasteiger partial charge >= 0.3 is 0 Å². The number of alkyl halides is 1. The summed E-state index contributed by atoms with van der Waals surface area (Å²) in [5, 5.41) is 1.00. The Morgan fingerprint density at radius 2 is 2.33 bits per heavy atom. The van der Waals surface area contributed by atoms with Crippen molar-refractivity contribution in [3.63, 3.8) is 0 Å². The van der Waals surface area contributed by atoms with E-state index in [1.165, 1.54) is 6.42 Å². The van der Waals surface area contributed by atoms with E-state index in [0.717, 1.165) is 11.2 Å². The minimum absolute atomic E-state index is 0.514. The van der Waals surface area contributed by atoms with Crippen LogP contribution in [0.1, 0.15) is 20.3 Å². The Morgan fingerprint density at radius 3 is 2.67 bits per heavy atom. The van der Waals surface area contributed by atoms with E-state index < -0.39 is 0 Å². The molecule has 1 saturated heterocycles. The van der Waals surface area contributed by atoms with Crippen molar-refractivity contribution in [3.05, 3.63) is 0 Å². The molecular weight excluding hydrogens is 180 g/mol. The fraction of sp³-hybridized carbons (Fsp3) is 1.00. The zero-order chi connectivity index (χ0) is 6.85. The zero-order valence-electron chi connectivity index (χ0n) is 5.93. The summed E-state index contributed by atoms with van der Waals surface area (Å²) in [7, 11) is 0. The highest BCUT2D eigenvalue weighted by atomic mass is 79.9. The van der Waals surface area contributed by atoms with Gasteiger partial charge in [-0.25, -0.2) is 0 Å². The lowest BCUT2D eigenvalue weighted by Gasteiger charge is -2.00. The van der Waals surface area contributed by atoms with Crippen LogP contribution in [0, 0.1) is 5.92 Å². The third-order valence-corrected chi connectivity index (χ3v) is 2.62. The molecule has 0 radical (unpaired) electrons. The maximum Gasteiger partial charge on any atom is 0.0941 e. The fourth-order valence-electron chi connectivity index (χ4n) is 1.01. The largest absolute Gasteiger partial charge is 0.368 e. The quantitative estimate of drug-likeness (QED) is 0.494. The lowest BCUT2D eigenvalue weighted by molar-refractivity contribution is 0.326. The van der Waals surface area contributed by atoms with Crippen molar-refractivity contribution in [1.82, 2.24) is 0 Å². The Morgan fingerprint density at radius 1 is 1.67 bits per heavy atom. The first-order chi connectivity index (χ1) is 4.29. The molecule has 9 heavy (non-hydrogen) atoms. The van der Waals surface area contributed by atoms with Gasteiger partial charge in [-0.05, 0) is 5.92 Å². The van der Waals surface area contributed by atoms with Crippen molar-refractivity contribution in [1.29, 1.82) is 0 Å². The van der Waals surface area contributed by atoms with Gasteiger partial charge in [-0.15, -0.1) is 0 Å². The Hall–Kier alpha value is 0.440. The van der Waals surface area contributed by atoms with Gasteiger partial charge in [0.1, 0.15) is 0 Å². The molecule has 0 N–H and O–H groups in total. The lowest BCUT2D eigenvalue weighted by atomic mass is 10.0. The van der Waals surface area contributed by atoms with Crippen LogP contribution in [0.3, 0.4) is 0 Å². The smallest absolute Gasteiger partial charge is 0.0941 e. The molecule has 0 aromatic rings. The van der Waals surface area contributed by atoms with E-state index in [9.17, 15) is 0 Å². The highest BCUT2D eigenvalue weighted by molar-refractivity contribution is 9.09. The molecule has 0 aromatic carbocycles. The molecule has 54 valence electrons. The predicted octanol–water partition coefficient (Wildman–Crippen LogP) is 2.19. The average molecular weight is 193 g/mol. The highest BCUT2D eigenvalue weighted by Crippen LogP contribution is 2.31. The first-order valence-electron chi connectivity index (χ1n) is 3.51. The molecule has 1 aliphatic heterocycles. The summed E-state index contributed by atoms with van der Waals surface area (Å²) in [4.78, 5) is 0. The number of epoxide rings is 1. The second kappa shape index (κ2) is 3.02. The van der Waals surface area contributed by atoms with E-state index in [-0.39, 0.29) is 0 Å². The van der Waals surface area contributed by atoms with E-state index in [2.05, 4.69) is 29.8 Å². The van der Waals surface area contributed by atoms with Crippen molar-refractivity contribution in [2.75, 3.05) is 5.33 Å². The fourth-order valence-corrected chi connectivity index (χ4v) is 1.53. The summed E-state index contributed by atoms with van der Waals surface area (Å²) in [5.41, 5.74) is 0. The van der Waals surface area contributed by atoms with Crippen molar-refractivity contribution in [3.8, 4) is 0 Å². The van der Waals surface area contributed by atoms with Gasteiger partial charge in [0.2, 0.25) is 0 Å². The van der Waals surface area contributed by atoms with Crippen LogP contribution in [0.4, 0.5) is 0 Å². The van der Waals surface area contributed by atoms with Gasteiger partial charge in [-0.1, -0.05) is 36.2 Å². The third kappa shape index (κ3) is 1.68. The summed E-state index contributed by atoms with van der Waals surface area (Å²) in [6, 6.07) is 0. The Labute approximate surface area is 64.9 Å². The highest BCUT2D eigenvalue weighted by Gasteiger charge is 2.40. The molecule has 1 rings (SSSR count). The molecule has 0 spiro atoms. The van der Waals surface area contributed by atoms with Crippen molar-refractivity contribution in [2.45, 2.75) is 32.5 Å². The van der Waals surface area contributed by atoms with Crippen molar-refractivity contribution >= 4 is 15.9 Å². The Balaban J connectivity index is 2.17. The van der Waals surface area contributed by atoms with Crippen LogP contribution < -0.4 is 0 Å². The topological polar surface area (TPSA) is 12.5 Å². The zero-order valence-corrected chi connectivity index (χ0v) is 7.52. The van der Waals surface area contributed by atoms with Gasteiger partial charge in [-0.2, -0.15) is 0 Å². The molecule has 0 amide bonds. The second-order valence-corrected chi connectivity index (χ2v) is 3.33. The van der Waals surface area contributed by atoms with Crippen LogP contribution in [-0.2, 0) is 4.74 Å². The molecular formula is C7H13BrO. The summed E-state index contributed by atoms with van der Waals surface area (Å²) in [6.45, 7) is 4.45. The van der Waals surface area contributed by atoms with Crippen molar-refractivity contribution in [2.24, 2.45) is 5.92 Å². The maximum absolute atomic E-state index is 5.37. The van der Waals surface area contributed by atoms with Gasteiger partial charge in [-0.3, -0.25) is 0 Å². The molecule has 1 aliphatic rings. The van der Waals surface area contributed by atoms with Crippen molar-refractivity contribution < 1.29 is 4.74 Å². The molecule has 0 aliphatic carbocycles. The standard InChI is InChI=1S/C7H13BrO/c1-3-5(2)7-6(4-8)9-7/h5-7H,3-4H2,1-2H3. The van der Waals surface area contributed by atoms with Crippen LogP contribution >= 0.6 is 15.9 Å². The third-order valence-electron chi connectivity index (χ3n) is 1.98. The van der Waals surface area contributed by atoms with Crippen LogP contribution in [0.15, 0.2) is 0 Å². The van der Waals surface area contributed by atoms with Gasteiger partial charge < -0.3 is 4.74 Å². The molecule has 1 nitrogen and oxygen atoms in total. The summed E-state index contributed by atoms with van der Waals surface area (Å²) >= 11 is 3.39. The molecule has 0 bridgehead atoms. The van der Waals surface area contributed by atoms with E-state index in [4.69, 9.17) is 4.74 Å². The molecule has 3 unspecified atom stereocenters. The van der Waals surface area contributed by atoms with Gasteiger partial charge in [0.15, 0.2) is 0 Å². The first-order valence-corrected chi connectivity index (χ1v) is 4.63. The maximum atomic E-state index is 5.37.